The quantitative estimate of drug-likeness (QED) is 0.103. The minimum Gasteiger partial charge on any atom is -0.496 e. The summed E-state index contributed by atoms with van der Waals surface area (Å²) in [6.45, 7) is 0.962. The SMILES string of the molecule is COc1ccccc1-c1ccc(/C=C(/NC(=O)c2ccccc2)C(=O)Nc2ccc(SCC(=O)Nc3ccc4c(c3)OCCO4)cc2)o1. The molecule has 5 aromatic rings. The molecule has 3 N–H and O–H groups in total. The molecule has 0 saturated carbocycles. The lowest BCUT2D eigenvalue weighted by Gasteiger charge is -2.19. The topological polar surface area (TPSA) is 128 Å². The van der Waals surface area contributed by atoms with Crippen molar-refractivity contribution in [2.75, 3.05) is 36.7 Å². The van der Waals surface area contributed by atoms with Crippen LogP contribution in [0.25, 0.3) is 17.4 Å². The van der Waals surface area contributed by atoms with Gasteiger partial charge in [-0.15, -0.1) is 11.8 Å². The minimum absolute atomic E-state index is 0.0148. The highest BCUT2D eigenvalue weighted by Crippen LogP contribution is 2.33. The summed E-state index contributed by atoms with van der Waals surface area (Å²) < 4.78 is 22.6. The molecular weight excluding hydrogens is 630 g/mol. The van der Waals surface area contributed by atoms with Gasteiger partial charge >= 0.3 is 0 Å². The lowest BCUT2D eigenvalue weighted by Crippen LogP contribution is -2.30. The van der Waals surface area contributed by atoms with E-state index in [0.717, 1.165) is 10.5 Å². The van der Waals surface area contributed by atoms with Crippen LogP contribution >= 0.6 is 11.8 Å². The van der Waals surface area contributed by atoms with Gasteiger partial charge in [-0.3, -0.25) is 14.4 Å². The van der Waals surface area contributed by atoms with Gasteiger partial charge in [0.05, 0.1) is 18.4 Å². The van der Waals surface area contributed by atoms with Gasteiger partial charge in [0.25, 0.3) is 11.8 Å². The predicted molar refractivity (Wildman–Crippen MR) is 184 cm³/mol. The molecular formula is C37H31N3O7S. The molecule has 0 atom stereocenters. The van der Waals surface area contributed by atoms with Crippen LogP contribution in [0.2, 0.25) is 0 Å². The molecule has 4 aromatic carbocycles. The number of anilines is 2. The molecule has 3 amide bonds. The number of methoxy groups -OCH3 is 1. The Hall–Kier alpha value is -5.94. The third-order valence-corrected chi connectivity index (χ3v) is 8.13. The zero-order chi connectivity index (χ0) is 33.3. The molecule has 0 unspecified atom stereocenters. The zero-order valence-electron chi connectivity index (χ0n) is 25.9. The standard InChI is InChI=1S/C37H31N3O7S/c1-44-31-10-6-5-9-29(31)32-18-14-27(47-32)22-30(40-36(42)24-7-3-2-4-8-24)37(43)39-25-11-15-28(16-12-25)48-23-35(41)38-26-13-17-33-34(21-26)46-20-19-45-33/h2-18,21-22H,19-20,23H2,1H3,(H,38,41)(H,39,43)(H,40,42)/b30-22+. The van der Waals surface area contributed by atoms with Crippen LogP contribution in [0.4, 0.5) is 11.4 Å². The summed E-state index contributed by atoms with van der Waals surface area (Å²) in [5.41, 5.74) is 2.25. The second kappa shape index (κ2) is 15.1. The van der Waals surface area contributed by atoms with E-state index in [-0.39, 0.29) is 17.4 Å². The summed E-state index contributed by atoms with van der Waals surface area (Å²) in [5.74, 6) is 1.80. The van der Waals surface area contributed by atoms with Gasteiger partial charge in [0.1, 0.15) is 36.2 Å². The van der Waals surface area contributed by atoms with Crippen molar-refractivity contribution in [3.8, 4) is 28.6 Å². The van der Waals surface area contributed by atoms with Crippen LogP contribution in [0.1, 0.15) is 16.1 Å². The molecule has 1 aliphatic rings. The normalized spacial score (nSPS) is 12.1. The Bertz CT molecular complexity index is 1960. The van der Waals surface area contributed by atoms with Crippen LogP contribution in [0.3, 0.4) is 0 Å². The molecule has 2 heterocycles. The van der Waals surface area contributed by atoms with E-state index < -0.39 is 11.8 Å². The van der Waals surface area contributed by atoms with Crippen molar-refractivity contribution in [1.29, 1.82) is 0 Å². The van der Waals surface area contributed by atoms with Crippen molar-refractivity contribution >= 4 is 46.9 Å². The van der Waals surface area contributed by atoms with Crippen molar-refractivity contribution in [2.45, 2.75) is 4.90 Å². The number of furan rings is 1. The Labute approximate surface area is 281 Å². The largest absolute Gasteiger partial charge is 0.496 e. The fourth-order valence-electron chi connectivity index (χ4n) is 4.81. The van der Waals surface area contributed by atoms with Gasteiger partial charge in [0, 0.05) is 34.0 Å². The molecule has 0 saturated heterocycles. The van der Waals surface area contributed by atoms with E-state index in [2.05, 4.69) is 16.0 Å². The maximum atomic E-state index is 13.5. The maximum Gasteiger partial charge on any atom is 0.272 e. The molecule has 0 bridgehead atoms. The van der Waals surface area contributed by atoms with Gasteiger partial charge in [0.2, 0.25) is 5.91 Å². The van der Waals surface area contributed by atoms with E-state index in [0.29, 0.717) is 58.9 Å². The summed E-state index contributed by atoms with van der Waals surface area (Å²) in [4.78, 5) is 39.9. The van der Waals surface area contributed by atoms with Crippen LogP contribution in [0, 0.1) is 0 Å². The molecule has 242 valence electrons. The van der Waals surface area contributed by atoms with E-state index in [9.17, 15) is 14.4 Å². The summed E-state index contributed by atoms with van der Waals surface area (Å²) in [6.07, 6.45) is 1.47. The minimum atomic E-state index is -0.547. The van der Waals surface area contributed by atoms with Gasteiger partial charge in [0.15, 0.2) is 11.5 Å². The number of nitrogens with one attached hydrogen (secondary N) is 3. The Morgan fingerprint density at radius 1 is 0.792 bits per heavy atom. The molecule has 0 fully saturated rings. The van der Waals surface area contributed by atoms with Gasteiger partial charge in [-0.05, 0) is 72.8 Å². The van der Waals surface area contributed by atoms with E-state index in [1.165, 1.54) is 17.8 Å². The number of benzene rings is 4. The smallest absolute Gasteiger partial charge is 0.272 e. The average Bonchev–Trinajstić information content (AvgIpc) is 3.59. The molecule has 0 radical (unpaired) electrons. The number of thioether (sulfide) groups is 1. The molecule has 11 heteroatoms. The Kier molecular flexibility index (Phi) is 10.1. The third kappa shape index (κ3) is 8.06. The third-order valence-electron chi connectivity index (χ3n) is 7.12. The molecule has 0 spiro atoms. The van der Waals surface area contributed by atoms with E-state index in [1.807, 2.05) is 24.3 Å². The molecule has 10 nitrogen and oxygen atoms in total. The zero-order valence-corrected chi connectivity index (χ0v) is 26.7. The number of hydrogen-bond donors (Lipinski definition) is 3. The van der Waals surface area contributed by atoms with Crippen molar-refractivity contribution in [3.63, 3.8) is 0 Å². The first kappa shape index (κ1) is 32.0. The molecule has 1 aromatic heterocycles. The summed E-state index contributed by atoms with van der Waals surface area (Å²) >= 11 is 1.35. The fourth-order valence-corrected chi connectivity index (χ4v) is 5.51. The lowest BCUT2D eigenvalue weighted by atomic mass is 10.1. The highest BCUT2D eigenvalue weighted by molar-refractivity contribution is 8.00. The summed E-state index contributed by atoms with van der Waals surface area (Å²) in [5, 5.41) is 8.42. The van der Waals surface area contributed by atoms with Crippen molar-refractivity contribution in [2.24, 2.45) is 0 Å². The van der Waals surface area contributed by atoms with Crippen molar-refractivity contribution in [1.82, 2.24) is 5.32 Å². The van der Waals surface area contributed by atoms with Gasteiger partial charge < -0.3 is 34.6 Å². The second-order valence-electron chi connectivity index (χ2n) is 10.5. The summed E-state index contributed by atoms with van der Waals surface area (Å²) in [6, 6.07) is 31.8. The molecule has 6 rings (SSSR count). The maximum absolute atomic E-state index is 13.5. The van der Waals surface area contributed by atoms with E-state index >= 15 is 0 Å². The number of carbonyl (C=O) groups excluding carboxylic acids is 3. The second-order valence-corrected chi connectivity index (χ2v) is 11.5. The number of ether oxygens (including phenoxy) is 3. The van der Waals surface area contributed by atoms with Crippen molar-refractivity contribution < 1.29 is 33.0 Å². The van der Waals surface area contributed by atoms with E-state index in [4.69, 9.17) is 18.6 Å². The van der Waals surface area contributed by atoms with Crippen LogP contribution in [-0.2, 0) is 9.59 Å². The predicted octanol–water partition coefficient (Wildman–Crippen LogP) is 6.87. The highest BCUT2D eigenvalue weighted by atomic mass is 32.2. The number of rotatable bonds is 11. The first-order valence-corrected chi connectivity index (χ1v) is 16.0. The van der Waals surface area contributed by atoms with Gasteiger partial charge in [-0.25, -0.2) is 0 Å². The highest BCUT2D eigenvalue weighted by Gasteiger charge is 2.18. The van der Waals surface area contributed by atoms with Crippen molar-refractivity contribution in [3.05, 3.63) is 126 Å². The first-order valence-electron chi connectivity index (χ1n) is 15.0. The monoisotopic (exact) mass is 661 g/mol. The number of amides is 3. The van der Waals surface area contributed by atoms with Crippen LogP contribution < -0.4 is 30.2 Å². The number of para-hydroxylation sites is 1. The van der Waals surface area contributed by atoms with Crippen LogP contribution in [-0.4, -0.2) is 43.8 Å². The number of fused-ring (bicyclic) bond motifs is 1. The molecule has 0 aliphatic carbocycles. The van der Waals surface area contributed by atoms with E-state index in [1.54, 1.807) is 92.0 Å². The summed E-state index contributed by atoms with van der Waals surface area (Å²) in [7, 11) is 1.58. The Balaban J connectivity index is 1.11. The van der Waals surface area contributed by atoms with Crippen LogP contribution in [0.5, 0.6) is 17.2 Å². The Morgan fingerprint density at radius 3 is 2.31 bits per heavy atom. The molecule has 1 aliphatic heterocycles. The average molecular weight is 662 g/mol. The first-order chi connectivity index (χ1) is 23.4. The number of carbonyl (C=O) groups is 3. The lowest BCUT2D eigenvalue weighted by molar-refractivity contribution is -0.114. The molecule has 48 heavy (non-hydrogen) atoms. The Morgan fingerprint density at radius 2 is 1.52 bits per heavy atom. The van der Waals surface area contributed by atoms with Gasteiger partial charge in [-0.2, -0.15) is 0 Å². The van der Waals surface area contributed by atoms with Crippen LogP contribution in [0.15, 0.2) is 124 Å². The van der Waals surface area contributed by atoms with Gasteiger partial charge in [-0.1, -0.05) is 30.3 Å². The fraction of sp³-hybridized carbons (Fsp3) is 0.108. The number of hydrogen-bond acceptors (Lipinski definition) is 8.